The van der Waals surface area contributed by atoms with Crippen molar-refractivity contribution in [1.82, 2.24) is 9.97 Å². The molecule has 0 aliphatic heterocycles. The van der Waals surface area contributed by atoms with Gasteiger partial charge in [-0.2, -0.15) is 0 Å². The number of fused-ring (bicyclic) bond motifs is 14. The number of nitrogens with zero attached hydrogens (tertiary/aromatic N) is 2. The molecule has 20 rings (SSSR count). The van der Waals surface area contributed by atoms with Gasteiger partial charge in [0.2, 0.25) is 0 Å². The number of aromatic nitrogens is 2. The molecule has 0 spiro atoms. The van der Waals surface area contributed by atoms with Crippen molar-refractivity contribution >= 4 is 27.3 Å². The van der Waals surface area contributed by atoms with E-state index in [4.69, 9.17) is 9.47 Å². The van der Waals surface area contributed by atoms with Gasteiger partial charge >= 0.3 is 0 Å². The second-order valence-electron chi connectivity index (χ2n) is 32.2. The fourth-order valence-electron chi connectivity index (χ4n) is 17.8. The first-order valence-electron chi connectivity index (χ1n) is 38.9. The summed E-state index contributed by atoms with van der Waals surface area (Å²) in [5.41, 5.74) is 34.2. The van der Waals surface area contributed by atoms with Gasteiger partial charge in [-0.3, -0.25) is 4.79 Å². The van der Waals surface area contributed by atoms with E-state index in [0.717, 1.165) is 44.8 Å². The van der Waals surface area contributed by atoms with Gasteiger partial charge in [0.05, 0.1) is 0 Å². The van der Waals surface area contributed by atoms with Crippen LogP contribution in [-0.2, 0) is 46.6 Å². The van der Waals surface area contributed by atoms with E-state index in [9.17, 15) is 9.90 Å². The summed E-state index contributed by atoms with van der Waals surface area (Å²) in [6, 6.07) is 118. The van der Waals surface area contributed by atoms with Crippen molar-refractivity contribution in [2.75, 3.05) is 13.2 Å². The average molecular weight is 1650 g/mol. The third-order valence-electron chi connectivity index (χ3n) is 23.9. The Labute approximate surface area is 681 Å². The Morgan fingerprint density at radius 1 is 0.325 bits per heavy atom. The molecule has 1 N–H and O–H groups in total. The van der Waals surface area contributed by atoms with Gasteiger partial charge in [-0.25, -0.2) is 0 Å². The molecule has 2 heterocycles. The summed E-state index contributed by atoms with van der Waals surface area (Å²) >= 11 is 0. The summed E-state index contributed by atoms with van der Waals surface area (Å²) in [5.74, 6) is 0.633. The van der Waals surface area contributed by atoms with Gasteiger partial charge in [-0.1, -0.05) is 250 Å². The van der Waals surface area contributed by atoms with Gasteiger partial charge in [0.25, 0.3) is 0 Å². The number of ether oxygens (including phenoxy) is 2. The zero-order chi connectivity index (χ0) is 77.3. The van der Waals surface area contributed by atoms with Gasteiger partial charge in [-0.15, -0.1) is 71.8 Å². The van der Waals surface area contributed by atoms with Crippen LogP contribution in [0.5, 0.6) is 11.5 Å². The maximum atomic E-state index is 13.0. The van der Waals surface area contributed by atoms with Crippen molar-refractivity contribution in [2.45, 2.75) is 77.0 Å². The van der Waals surface area contributed by atoms with Crippen LogP contribution in [0.25, 0.3) is 133 Å². The zero-order valence-electron chi connectivity index (χ0n) is 65.1. The normalized spacial score (nSPS) is 14.0. The number of hydrogen-bond donors (Lipinski definition) is 1. The van der Waals surface area contributed by atoms with Crippen molar-refractivity contribution in [3.63, 3.8) is 0 Å². The number of aliphatic hydroxyl groups excluding tert-OH is 1. The molecule has 1 radical (unpaired) electrons. The number of ketones is 1. The molecule has 0 saturated heterocycles. The van der Waals surface area contributed by atoms with E-state index in [1.807, 2.05) is 146 Å². The molecule has 0 bridgehead atoms. The molecule has 4 aliphatic carbocycles. The topological polar surface area (TPSA) is 81.5 Å². The summed E-state index contributed by atoms with van der Waals surface area (Å²) in [6.45, 7) is 18.3. The fraction of sp³-hybridized carbons (Fsp3) is 0.131. The molecule has 14 aromatic carbocycles. The molecule has 0 fully saturated rings. The van der Waals surface area contributed by atoms with Crippen LogP contribution in [0.1, 0.15) is 99.9 Å². The first-order valence-corrected chi connectivity index (χ1v) is 38.9. The number of rotatable bonds is 13. The minimum absolute atomic E-state index is 0. The van der Waals surface area contributed by atoms with Crippen LogP contribution in [0, 0.1) is 12.1 Å². The van der Waals surface area contributed by atoms with Gasteiger partial charge in [-0.05, 0) is 239 Å². The Kier molecular flexibility index (Phi) is 19.4. The van der Waals surface area contributed by atoms with E-state index in [1.165, 1.54) is 139 Å². The zero-order valence-corrected chi connectivity index (χ0v) is 67.5. The van der Waals surface area contributed by atoms with Crippen LogP contribution in [-0.4, -0.2) is 34.1 Å². The monoisotopic (exact) mass is 1650 g/mol. The van der Waals surface area contributed by atoms with E-state index in [1.54, 1.807) is 0 Å². The van der Waals surface area contributed by atoms with Gasteiger partial charge < -0.3 is 24.5 Å². The van der Waals surface area contributed by atoms with Crippen LogP contribution in [0.4, 0.5) is 0 Å². The summed E-state index contributed by atoms with van der Waals surface area (Å²) in [5, 5.41) is 15.5. The van der Waals surface area contributed by atoms with Crippen molar-refractivity contribution in [1.29, 1.82) is 0 Å². The quantitative estimate of drug-likeness (QED) is 0.0704. The second kappa shape index (κ2) is 29.8. The molecule has 6 nitrogen and oxygen atoms in total. The number of aliphatic hydroxyl groups is 1. The van der Waals surface area contributed by atoms with Gasteiger partial charge in [0.15, 0.2) is 12.4 Å². The smallest absolute Gasteiger partial charge is 0.196 e. The number of pyridine rings is 2. The van der Waals surface area contributed by atoms with Crippen molar-refractivity contribution in [3.8, 4) is 123 Å². The van der Waals surface area contributed by atoms with Gasteiger partial charge in [0, 0.05) is 60.2 Å². The molecule has 0 unspecified atom stereocenters. The predicted octanol–water partition coefficient (Wildman–Crippen LogP) is 26.5. The Bertz CT molecular complexity index is 6330. The van der Waals surface area contributed by atoms with Crippen LogP contribution < -0.4 is 9.47 Å². The summed E-state index contributed by atoms with van der Waals surface area (Å²) in [7, 11) is 0. The summed E-state index contributed by atoms with van der Waals surface area (Å²) in [6.07, 6.45) is 4.87. The van der Waals surface area contributed by atoms with Crippen LogP contribution >= 0.6 is 0 Å². The molecule has 4 aliphatic rings. The molecule has 114 heavy (non-hydrogen) atoms. The summed E-state index contributed by atoms with van der Waals surface area (Å²) < 4.78 is 11.8. The van der Waals surface area contributed by atoms with E-state index in [-0.39, 0.29) is 66.5 Å². The van der Waals surface area contributed by atoms with Gasteiger partial charge in [0.1, 0.15) is 23.9 Å². The largest absolute Gasteiger partial charge is 0.509 e. The fourth-order valence-corrected chi connectivity index (χ4v) is 17.8. The molecule has 0 saturated carbocycles. The SMILES string of the molecule is CC1(C)c2ccccc2-c2ccc(-c3ccc4c(c3)C(C)(C)c3cc(-c5ccc(OCC(=O)/C=C(\O)COc6ccc(-c7ccc8c(c7)C(C)(C)c7cc(-c9ccc%10c(c9)C(C)(C)c9ccccc9-%10)ccc7-8)cc6)cc5)ccc3-4)cc21.[Ir].[c-]1ccccc1-c1nccc2ccccc12.[c-]1ccccc1-c1nccc2ccccc12. The maximum absolute atomic E-state index is 13.0. The Balaban J connectivity index is 0.000000232. The predicted molar refractivity (Wildman–Crippen MR) is 464 cm³/mol. The number of benzene rings is 14. The first-order chi connectivity index (χ1) is 54.8. The van der Waals surface area contributed by atoms with Crippen LogP contribution in [0.3, 0.4) is 0 Å². The standard InChI is InChI=1S/C77H64O4.2C15H10N.Ir/c1-74(2)66-15-11-9-13-58(66)60-33-23-50(39-68(60)74)52-25-35-64-62-31-21-48(37-70(62)76(5,6)72(64)41-52)46-17-27-56(28-18-46)80-44-54(78)43-55(79)45-81-57-29-19-47(20-30-57)49-22-32-63-65-36-26-53(42-73(65)77(7,8)71(63)38-49)51-24-34-61-59-14-10-12-16-67(59)75(3,4)69(61)40-51;2*1-2-7-13(8-3-1)15-14-9-5-4-6-12(14)10-11-16-15;/h9-43,78H,44-45H2,1-8H3;2*1-7,9-11H;/q;2*-1;/b54-43-;;;. The minimum atomic E-state index is -0.360. The molecular weight excluding hydrogens is 1570 g/mol. The van der Waals surface area contributed by atoms with E-state index in [2.05, 4.69) is 259 Å². The molecule has 0 amide bonds. The van der Waals surface area contributed by atoms with Crippen LogP contribution in [0.15, 0.2) is 340 Å². The molecular formula is C107H84IrN2O4-2. The van der Waals surface area contributed by atoms with Crippen LogP contribution in [0.2, 0.25) is 0 Å². The van der Waals surface area contributed by atoms with Crippen molar-refractivity contribution in [2.24, 2.45) is 0 Å². The molecule has 16 aromatic rings. The maximum Gasteiger partial charge on any atom is 0.196 e. The average Bonchev–Trinajstić information content (AvgIpc) is 1.58. The van der Waals surface area contributed by atoms with E-state index >= 15 is 0 Å². The minimum Gasteiger partial charge on any atom is -0.509 e. The van der Waals surface area contributed by atoms with Crippen molar-refractivity contribution in [3.05, 3.63) is 396 Å². The molecule has 7 heteroatoms. The Hall–Kier alpha value is -12.6. The Morgan fingerprint density at radius 2 is 0.614 bits per heavy atom. The first kappa shape index (κ1) is 74.1. The van der Waals surface area contributed by atoms with E-state index < -0.39 is 0 Å². The second-order valence-corrected chi connectivity index (χ2v) is 32.2. The number of hydrogen-bond acceptors (Lipinski definition) is 6. The number of carbonyl (C=O) groups excluding carboxylic acids is 1. The number of carbonyl (C=O) groups is 1. The third-order valence-corrected chi connectivity index (χ3v) is 23.9. The molecule has 0 atom stereocenters. The molecule has 557 valence electrons. The Morgan fingerprint density at radius 3 is 0.965 bits per heavy atom. The van der Waals surface area contributed by atoms with E-state index in [0.29, 0.717) is 11.5 Å². The third kappa shape index (κ3) is 13.4. The summed E-state index contributed by atoms with van der Waals surface area (Å²) in [4.78, 5) is 21.9. The van der Waals surface area contributed by atoms with Crippen molar-refractivity contribution < 1.29 is 39.5 Å². The molecule has 2 aromatic heterocycles.